The maximum atomic E-state index is 5.89. The van der Waals surface area contributed by atoms with Gasteiger partial charge in [-0.25, -0.2) is 4.68 Å². The third kappa shape index (κ3) is 1.69. The minimum atomic E-state index is 0.766. The molecular formula is C13H17N3. The Labute approximate surface area is 95.9 Å². The van der Waals surface area contributed by atoms with Crippen LogP contribution in [0.5, 0.6) is 0 Å². The van der Waals surface area contributed by atoms with Crippen LogP contribution in [0.2, 0.25) is 0 Å². The van der Waals surface area contributed by atoms with E-state index in [1.807, 2.05) is 4.68 Å². The Morgan fingerprint density at radius 2 is 2.06 bits per heavy atom. The first-order valence-corrected chi connectivity index (χ1v) is 5.53. The minimum Gasteiger partial charge on any atom is -0.396 e. The first-order chi connectivity index (χ1) is 7.63. The van der Waals surface area contributed by atoms with E-state index in [2.05, 4.69) is 44.1 Å². The van der Waals surface area contributed by atoms with Crippen LogP contribution in [-0.4, -0.2) is 9.78 Å². The molecule has 1 heterocycles. The Bertz CT molecular complexity index is 512. The van der Waals surface area contributed by atoms with Crippen LogP contribution in [0.3, 0.4) is 0 Å². The van der Waals surface area contributed by atoms with Crippen molar-refractivity contribution >= 4 is 5.69 Å². The summed E-state index contributed by atoms with van der Waals surface area (Å²) < 4.78 is 1.93. The summed E-state index contributed by atoms with van der Waals surface area (Å²) in [7, 11) is 0. The maximum absolute atomic E-state index is 5.89. The molecule has 3 heteroatoms. The van der Waals surface area contributed by atoms with E-state index in [0.717, 1.165) is 23.5 Å². The number of hydrogen-bond donors (Lipinski definition) is 1. The van der Waals surface area contributed by atoms with E-state index in [-0.39, 0.29) is 0 Å². The van der Waals surface area contributed by atoms with Crippen LogP contribution in [0.1, 0.15) is 23.7 Å². The smallest absolute Gasteiger partial charge is 0.0737 e. The summed E-state index contributed by atoms with van der Waals surface area (Å²) in [5.41, 5.74) is 11.3. The van der Waals surface area contributed by atoms with E-state index in [4.69, 9.17) is 5.73 Å². The predicted molar refractivity (Wildman–Crippen MR) is 66.8 cm³/mol. The van der Waals surface area contributed by atoms with Crippen molar-refractivity contribution < 1.29 is 0 Å². The lowest BCUT2D eigenvalue weighted by atomic mass is 10.1. The SMILES string of the molecule is CCc1c(N)cnn1-c1ccc(C)cc1C. The summed E-state index contributed by atoms with van der Waals surface area (Å²) in [4.78, 5) is 0. The highest BCUT2D eigenvalue weighted by atomic mass is 15.3. The molecule has 2 aromatic rings. The van der Waals surface area contributed by atoms with Gasteiger partial charge in [0, 0.05) is 0 Å². The normalized spacial score (nSPS) is 10.7. The third-order valence-corrected chi connectivity index (χ3v) is 2.82. The highest BCUT2D eigenvalue weighted by Gasteiger charge is 2.09. The first-order valence-electron chi connectivity index (χ1n) is 5.53. The standard InChI is InChI=1S/C13H17N3/c1-4-12-11(14)8-15-16(12)13-6-5-9(2)7-10(13)3/h5-8H,4,14H2,1-3H3. The van der Waals surface area contributed by atoms with Crippen LogP contribution >= 0.6 is 0 Å². The largest absolute Gasteiger partial charge is 0.396 e. The Hall–Kier alpha value is -1.77. The second-order valence-electron chi connectivity index (χ2n) is 4.10. The second kappa shape index (κ2) is 4.00. The first kappa shape index (κ1) is 10.7. The molecule has 0 aliphatic rings. The maximum Gasteiger partial charge on any atom is 0.0737 e. The van der Waals surface area contributed by atoms with Crippen LogP contribution in [0.15, 0.2) is 24.4 Å². The van der Waals surface area contributed by atoms with Gasteiger partial charge < -0.3 is 5.73 Å². The molecule has 0 spiro atoms. The molecule has 16 heavy (non-hydrogen) atoms. The Kier molecular flexibility index (Phi) is 2.69. The van der Waals surface area contributed by atoms with Gasteiger partial charge in [-0.05, 0) is 31.9 Å². The van der Waals surface area contributed by atoms with Crippen LogP contribution in [0.4, 0.5) is 5.69 Å². The zero-order valence-electron chi connectivity index (χ0n) is 9.99. The van der Waals surface area contributed by atoms with Gasteiger partial charge in [-0.15, -0.1) is 0 Å². The van der Waals surface area contributed by atoms with Crippen LogP contribution < -0.4 is 5.73 Å². The van der Waals surface area contributed by atoms with Crippen LogP contribution in [0, 0.1) is 13.8 Å². The molecule has 0 amide bonds. The van der Waals surface area contributed by atoms with Crippen LogP contribution in [-0.2, 0) is 6.42 Å². The molecule has 0 aliphatic heterocycles. The fourth-order valence-electron chi connectivity index (χ4n) is 1.99. The van der Waals surface area contributed by atoms with Crippen molar-refractivity contribution in [1.82, 2.24) is 9.78 Å². The van der Waals surface area contributed by atoms with Crippen molar-refractivity contribution in [2.75, 3.05) is 5.73 Å². The van der Waals surface area contributed by atoms with Gasteiger partial charge in [-0.2, -0.15) is 5.10 Å². The Balaban J connectivity index is 2.58. The molecule has 0 unspecified atom stereocenters. The van der Waals surface area contributed by atoms with E-state index in [9.17, 15) is 0 Å². The van der Waals surface area contributed by atoms with Gasteiger partial charge in [0.1, 0.15) is 0 Å². The molecule has 0 radical (unpaired) electrons. The molecule has 3 nitrogen and oxygen atoms in total. The monoisotopic (exact) mass is 215 g/mol. The summed E-state index contributed by atoms with van der Waals surface area (Å²) in [6.45, 7) is 6.28. The van der Waals surface area contributed by atoms with E-state index in [1.165, 1.54) is 11.1 Å². The van der Waals surface area contributed by atoms with Gasteiger partial charge in [-0.1, -0.05) is 24.6 Å². The lowest BCUT2D eigenvalue weighted by molar-refractivity contribution is 0.809. The van der Waals surface area contributed by atoms with E-state index in [1.54, 1.807) is 6.20 Å². The molecule has 0 saturated heterocycles. The summed E-state index contributed by atoms with van der Waals surface area (Å²) in [6, 6.07) is 6.35. The number of hydrogen-bond acceptors (Lipinski definition) is 2. The number of nitrogens with two attached hydrogens (primary N) is 1. The summed E-state index contributed by atoms with van der Waals surface area (Å²) >= 11 is 0. The van der Waals surface area contributed by atoms with E-state index in [0.29, 0.717) is 0 Å². The molecule has 0 fully saturated rings. The lowest BCUT2D eigenvalue weighted by Gasteiger charge is -2.10. The molecule has 84 valence electrons. The van der Waals surface area contributed by atoms with Crippen molar-refractivity contribution in [3.05, 3.63) is 41.2 Å². The number of aromatic nitrogens is 2. The van der Waals surface area contributed by atoms with Crippen molar-refractivity contribution in [2.45, 2.75) is 27.2 Å². The van der Waals surface area contributed by atoms with Gasteiger partial charge in [0.15, 0.2) is 0 Å². The molecule has 1 aromatic heterocycles. The minimum absolute atomic E-state index is 0.766. The fraction of sp³-hybridized carbons (Fsp3) is 0.308. The van der Waals surface area contributed by atoms with Crippen molar-refractivity contribution in [3.8, 4) is 5.69 Å². The van der Waals surface area contributed by atoms with Crippen LogP contribution in [0.25, 0.3) is 5.69 Å². The Morgan fingerprint density at radius 1 is 1.31 bits per heavy atom. The molecule has 2 N–H and O–H groups in total. The van der Waals surface area contributed by atoms with Gasteiger partial charge in [0.25, 0.3) is 0 Å². The molecule has 2 rings (SSSR count). The van der Waals surface area contributed by atoms with E-state index < -0.39 is 0 Å². The summed E-state index contributed by atoms with van der Waals surface area (Å²) in [5.74, 6) is 0. The predicted octanol–water partition coefficient (Wildman–Crippen LogP) is 2.63. The fourth-order valence-corrected chi connectivity index (χ4v) is 1.99. The number of nitrogen functional groups attached to an aromatic ring is 1. The van der Waals surface area contributed by atoms with Crippen molar-refractivity contribution in [2.24, 2.45) is 0 Å². The molecular weight excluding hydrogens is 198 g/mol. The Morgan fingerprint density at radius 3 is 2.69 bits per heavy atom. The number of benzene rings is 1. The summed E-state index contributed by atoms with van der Waals surface area (Å²) in [6.07, 6.45) is 2.61. The van der Waals surface area contributed by atoms with Crippen molar-refractivity contribution in [3.63, 3.8) is 0 Å². The second-order valence-corrected chi connectivity index (χ2v) is 4.10. The number of anilines is 1. The van der Waals surface area contributed by atoms with Gasteiger partial charge in [0.2, 0.25) is 0 Å². The number of aryl methyl sites for hydroxylation is 2. The zero-order chi connectivity index (χ0) is 11.7. The quantitative estimate of drug-likeness (QED) is 0.837. The topological polar surface area (TPSA) is 43.8 Å². The number of nitrogens with zero attached hydrogens (tertiary/aromatic N) is 2. The van der Waals surface area contributed by atoms with Gasteiger partial charge in [-0.3, -0.25) is 0 Å². The zero-order valence-corrected chi connectivity index (χ0v) is 9.99. The molecule has 0 atom stereocenters. The van der Waals surface area contributed by atoms with Crippen molar-refractivity contribution in [1.29, 1.82) is 0 Å². The molecule has 0 aliphatic carbocycles. The highest BCUT2D eigenvalue weighted by molar-refractivity contribution is 5.49. The average molecular weight is 215 g/mol. The van der Waals surface area contributed by atoms with Gasteiger partial charge in [0.05, 0.1) is 23.3 Å². The average Bonchev–Trinajstić information content (AvgIpc) is 2.59. The third-order valence-electron chi connectivity index (χ3n) is 2.82. The van der Waals surface area contributed by atoms with E-state index >= 15 is 0 Å². The highest BCUT2D eigenvalue weighted by Crippen LogP contribution is 2.20. The molecule has 0 bridgehead atoms. The van der Waals surface area contributed by atoms with Gasteiger partial charge >= 0.3 is 0 Å². The molecule has 1 aromatic carbocycles. The number of rotatable bonds is 2. The lowest BCUT2D eigenvalue weighted by Crippen LogP contribution is -2.04. The summed E-state index contributed by atoms with van der Waals surface area (Å²) in [5, 5.41) is 4.34. The molecule has 0 saturated carbocycles.